The fourth-order valence-corrected chi connectivity index (χ4v) is 2.85. The minimum Gasteiger partial charge on any atom is -0.443 e. The fourth-order valence-electron chi connectivity index (χ4n) is 1.35. The SMILES string of the molecule is CC(CC(F)(F)F)NC(=O)c1cc(S(N)(=O)=O)c(Br)o1. The van der Waals surface area contributed by atoms with Gasteiger partial charge in [-0.1, -0.05) is 0 Å². The van der Waals surface area contributed by atoms with Gasteiger partial charge in [0.05, 0.1) is 6.42 Å². The van der Waals surface area contributed by atoms with E-state index in [-0.39, 0.29) is 4.67 Å². The number of hydrogen-bond donors (Lipinski definition) is 2. The zero-order valence-electron chi connectivity index (χ0n) is 9.99. The summed E-state index contributed by atoms with van der Waals surface area (Å²) in [5.74, 6) is -1.44. The molecule has 1 heterocycles. The van der Waals surface area contributed by atoms with E-state index in [0.29, 0.717) is 0 Å². The van der Waals surface area contributed by atoms with Gasteiger partial charge in [-0.15, -0.1) is 0 Å². The number of carbonyl (C=O) groups excluding carboxylic acids is 1. The van der Waals surface area contributed by atoms with Crippen LogP contribution in [0.15, 0.2) is 20.0 Å². The second-order valence-corrected chi connectivity index (χ2v) is 6.24. The zero-order valence-corrected chi connectivity index (χ0v) is 12.4. The van der Waals surface area contributed by atoms with Crippen molar-refractivity contribution in [3.05, 3.63) is 16.5 Å². The maximum absolute atomic E-state index is 12.1. The second kappa shape index (κ2) is 5.74. The smallest absolute Gasteiger partial charge is 0.391 e. The minimum absolute atomic E-state index is 0.298. The van der Waals surface area contributed by atoms with E-state index in [0.717, 1.165) is 13.0 Å². The number of halogens is 4. The summed E-state index contributed by atoms with van der Waals surface area (Å²) in [4.78, 5) is 11.1. The second-order valence-electron chi connectivity index (χ2n) is 3.99. The number of alkyl halides is 3. The largest absolute Gasteiger partial charge is 0.443 e. The molecule has 0 aliphatic rings. The molecular weight excluding hydrogens is 369 g/mol. The maximum atomic E-state index is 12.1. The molecular formula is C9H10BrF3N2O4S. The Kier molecular flexibility index (Phi) is 4.87. The molecule has 1 atom stereocenters. The monoisotopic (exact) mass is 378 g/mol. The quantitative estimate of drug-likeness (QED) is 0.832. The number of rotatable bonds is 4. The number of furan rings is 1. The molecule has 0 aliphatic carbocycles. The number of primary sulfonamides is 1. The average Bonchev–Trinajstić information content (AvgIpc) is 2.56. The third kappa shape index (κ3) is 4.80. The van der Waals surface area contributed by atoms with Gasteiger partial charge in [-0.2, -0.15) is 13.2 Å². The lowest BCUT2D eigenvalue weighted by Gasteiger charge is -2.14. The Labute approximate surface area is 120 Å². The van der Waals surface area contributed by atoms with E-state index in [1.807, 2.05) is 5.32 Å². The summed E-state index contributed by atoms with van der Waals surface area (Å²) in [6.07, 6.45) is -5.65. The molecule has 20 heavy (non-hydrogen) atoms. The Hall–Kier alpha value is -1.07. The number of carbonyl (C=O) groups is 1. The van der Waals surface area contributed by atoms with Crippen molar-refractivity contribution >= 4 is 31.9 Å². The number of nitrogens with two attached hydrogens (primary N) is 1. The molecule has 0 aromatic carbocycles. The first-order valence-electron chi connectivity index (χ1n) is 5.10. The number of hydrogen-bond acceptors (Lipinski definition) is 4. The highest BCUT2D eigenvalue weighted by atomic mass is 79.9. The first-order chi connectivity index (χ1) is 8.90. The highest BCUT2D eigenvalue weighted by Crippen LogP contribution is 2.25. The normalized spacial score (nSPS) is 14.1. The van der Waals surface area contributed by atoms with E-state index in [4.69, 9.17) is 9.56 Å². The molecule has 0 fully saturated rings. The number of sulfonamides is 1. The van der Waals surface area contributed by atoms with Crippen molar-refractivity contribution in [1.82, 2.24) is 5.32 Å². The van der Waals surface area contributed by atoms with Crippen molar-refractivity contribution in [2.24, 2.45) is 5.14 Å². The Morgan fingerprint density at radius 2 is 2.10 bits per heavy atom. The van der Waals surface area contributed by atoms with Gasteiger partial charge in [0.2, 0.25) is 10.0 Å². The average molecular weight is 379 g/mol. The lowest BCUT2D eigenvalue weighted by atomic mass is 10.2. The molecule has 1 unspecified atom stereocenters. The third-order valence-corrected chi connectivity index (χ3v) is 3.87. The summed E-state index contributed by atoms with van der Waals surface area (Å²) in [5, 5.41) is 6.89. The predicted molar refractivity (Wildman–Crippen MR) is 65.4 cm³/mol. The Morgan fingerprint density at radius 1 is 1.55 bits per heavy atom. The van der Waals surface area contributed by atoms with E-state index in [1.165, 1.54) is 0 Å². The van der Waals surface area contributed by atoms with Gasteiger partial charge in [-0.05, 0) is 22.9 Å². The molecule has 1 aromatic heterocycles. The lowest BCUT2D eigenvalue weighted by molar-refractivity contribution is -0.138. The fraction of sp³-hybridized carbons (Fsp3) is 0.444. The predicted octanol–water partition coefficient (Wildman–Crippen LogP) is 1.76. The van der Waals surface area contributed by atoms with Gasteiger partial charge in [-0.3, -0.25) is 4.79 Å². The summed E-state index contributed by atoms with van der Waals surface area (Å²) in [7, 11) is -4.10. The maximum Gasteiger partial charge on any atom is 0.391 e. The zero-order chi connectivity index (χ0) is 15.7. The van der Waals surface area contributed by atoms with Crippen LogP contribution < -0.4 is 10.5 Å². The molecule has 1 amide bonds. The molecule has 114 valence electrons. The molecule has 1 aromatic rings. The Bertz CT molecular complexity index is 611. The summed E-state index contributed by atoms with van der Waals surface area (Å²) in [6.45, 7) is 1.16. The van der Waals surface area contributed by atoms with Gasteiger partial charge in [-0.25, -0.2) is 13.6 Å². The number of amides is 1. The van der Waals surface area contributed by atoms with Crippen LogP contribution in [0.4, 0.5) is 13.2 Å². The van der Waals surface area contributed by atoms with Gasteiger partial charge < -0.3 is 9.73 Å². The van der Waals surface area contributed by atoms with E-state index in [1.54, 1.807) is 0 Å². The standard InChI is InChI=1S/C9H10BrF3N2O4S/c1-4(3-9(11,12)13)15-8(16)5-2-6(7(10)19-5)20(14,17)18/h2,4H,3H2,1H3,(H,15,16)(H2,14,17,18). The van der Waals surface area contributed by atoms with E-state index in [9.17, 15) is 26.4 Å². The topological polar surface area (TPSA) is 102 Å². The van der Waals surface area contributed by atoms with Crippen molar-refractivity contribution in [1.29, 1.82) is 0 Å². The third-order valence-electron chi connectivity index (χ3n) is 2.10. The highest BCUT2D eigenvalue weighted by molar-refractivity contribution is 9.10. The Balaban J connectivity index is 2.84. The van der Waals surface area contributed by atoms with Gasteiger partial charge in [0.15, 0.2) is 10.4 Å². The van der Waals surface area contributed by atoms with Gasteiger partial charge in [0, 0.05) is 12.1 Å². The van der Waals surface area contributed by atoms with Crippen LogP contribution in [0.25, 0.3) is 0 Å². The molecule has 0 saturated heterocycles. The molecule has 11 heteroatoms. The van der Waals surface area contributed by atoms with Crippen LogP contribution in [0.1, 0.15) is 23.9 Å². The van der Waals surface area contributed by atoms with Crippen molar-refractivity contribution in [2.45, 2.75) is 30.5 Å². The number of nitrogens with one attached hydrogen (secondary N) is 1. The molecule has 0 aliphatic heterocycles. The van der Waals surface area contributed by atoms with Crippen LogP contribution in [0, 0.1) is 0 Å². The van der Waals surface area contributed by atoms with E-state index in [2.05, 4.69) is 15.9 Å². The van der Waals surface area contributed by atoms with Crippen LogP contribution in [-0.4, -0.2) is 26.5 Å². The lowest BCUT2D eigenvalue weighted by Crippen LogP contribution is -2.35. The first-order valence-corrected chi connectivity index (χ1v) is 7.44. The summed E-state index contributed by atoms with van der Waals surface area (Å²) in [5.41, 5.74) is 0. The van der Waals surface area contributed by atoms with Crippen molar-refractivity contribution < 1.29 is 30.8 Å². The minimum atomic E-state index is -4.43. The molecule has 0 saturated carbocycles. The summed E-state index contributed by atoms with van der Waals surface area (Å²) < 4.78 is 63.0. The van der Waals surface area contributed by atoms with Crippen LogP contribution >= 0.6 is 15.9 Å². The van der Waals surface area contributed by atoms with Crippen molar-refractivity contribution in [3.8, 4) is 0 Å². The van der Waals surface area contributed by atoms with Crippen molar-refractivity contribution in [3.63, 3.8) is 0 Å². The van der Waals surface area contributed by atoms with Gasteiger partial charge in [0.1, 0.15) is 4.90 Å². The van der Waals surface area contributed by atoms with Gasteiger partial charge in [0.25, 0.3) is 5.91 Å². The van der Waals surface area contributed by atoms with Crippen LogP contribution in [0.2, 0.25) is 0 Å². The molecule has 1 rings (SSSR count). The Morgan fingerprint density at radius 3 is 2.50 bits per heavy atom. The highest BCUT2D eigenvalue weighted by Gasteiger charge is 2.31. The van der Waals surface area contributed by atoms with Crippen molar-refractivity contribution in [2.75, 3.05) is 0 Å². The molecule has 6 nitrogen and oxygen atoms in total. The first kappa shape index (κ1) is 17.0. The molecule has 3 N–H and O–H groups in total. The summed E-state index contributed by atoms with van der Waals surface area (Å²) >= 11 is 2.75. The van der Waals surface area contributed by atoms with Crippen LogP contribution in [0.3, 0.4) is 0 Å². The molecule has 0 spiro atoms. The van der Waals surface area contributed by atoms with E-state index >= 15 is 0 Å². The van der Waals surface area contributed by atoms with Gasteiger partial charge >= 0.3 is 6.18 Å². The summed E-state index contributed by atoms with van der Waals surface area (Å²) in [6, 6.07) is -0.362. The molecule has 0 radical (unpaired) electrons. The van der Waals surface area contributed by atoms with Crippen LogP contribution in [0.5, 0.6) is 0 Å². The van der Waals surface area contributed by atoms with E-state index < -0.39 is 45.2 Å². The van der Waals surface area contributed by atoms with Crippen LogP contribution in [-0.2, 0) is 10.0 Å². The molecule has 0 bridgehead atoms.